The van der Waals surface area contributed by atoms with Crippen molar-refractivity contribution in [2.45, 2.75) is 6.43 Å². The number of carbonyl (C=O) groups is 1. The molecule has 0 fully saturated rings. The van der Waals surface area contributed by atoms with Crippen LogP contribution in [0.5, 0.6) is 0 Å². The first-order valence-electron chi connectivity index (χ1n) is 3.15. The van der Waals surface area contributed by atoms with Gasteiger partial charge in [-0.25, -0.2) is 13.8 Å². The largest absolute Gasteiger partial charge is 0.298 e. The molecule has 1 rings (SSSR count). The molecule has 1 aromatic rings. The van der Waals surface area contributed by atoms with Gasteiger partial charge in [-0.15, -0.1) is 0 Å². The second-order valence-corrected chi connectivity index (χ2v) is 3.59. The van der Waals surface area contributed by atoms with E-state index in [1.165, 1.54) is 0 Å². The number of hydrogen-bond donors (Lipinski definition) is 0. The van der Waals surface area contributed by atoms with Crippen LogP contribution < -0.4 is 0 Å². The number of carbonyl (C=O) groups excluding carboxylic acids is 1. The first-order chi connectivity index (χ1) is 6.07. The van der Waals surface area contributed by atoms with Crippen LogP contribution in [0.2, 0.25) is 5.15 Å². The topological polar surface area (TPSA) is 30.0 Å². The number of pyridine rings is 1. The van der Waals surface area contributed by atoms with Crippen LogP contribution in [0.1, 0.15) is 22.3 Å². The summed E-state index contributed by atoms with van der Waals surface area (Å²) < 4.78 is 24.9. The Balaban J connectivity index is 3.41. The summed E-state index contributed by atoms with van der Waals surface area (Å²) >= 11 is 7.15. The van der Waals surface area contributed by atoms with Crippen molar-refractivity contribution in [2.24, 2.45) is 0 Å². The number of aromatic nitrogens is 1. The highest BCUT2D eigenvalue weighted by Crippen LogP contribution is 2.30. The van der Waals surface area contributed by atoms with Gasteiger partial charge in [0.1, 0.15) is 5.15 Å². The molecule has 0 amide bonds. The molecule has 0 spiro atoms. The van der Waals surface area contributed by atoms with E-state index in [4.69, 9.17) is 11.6 Å². The highest BCUT2D eigenvalue weighted by Gasteiger charge is 2.19. The predicted octanol–water partition coefficient (Wildman–Crippen LogP) is 3.09. The maximum atomic E-state index is 12.4. The van der Waals surface area contributed by atoms with Gasteiger partial charge in [0.05, 0.1) is 3.57 Å². The third kappa shape index (κ3) is 2.14. The average Bonchev–Trinajstić information content (AvgIpc) is 2.08. The summed E-state index contributed by atoms with van der Waals surface area (Å²) in [5, 5.41) is -0.0125. The first kappa shape index (κ1) is 10.8. The molecule has 0 radical (unpaired) electrons. The van der Waals surface area contributed by atoms with Gasteiger partial charge in [0, 0.05) is 17.3 Å². The van der Waals surface area contributed by atoms with Crippen molar-refractivity contribution in [2.75, 3.05) is 0 Å². The Labute approximate surface area is 91.4 Å². The lowest BCUT2D eigenvalue weighted by molar-refractivity contribution is 0.110. The van der Waals surface area contributed by atoms with E-state index in [1.807, 2.05) is 0 Å². The zero-order valence-corrected chi connectivity index (χ0v) is 9.01. The maximum Gasteiger partial charge on any atom is 0.265 e. The molecule has 0 saturated heterocycles. The van der Waals surface area contributed by atoms with Crippen molar-refractivity contribution in [1.29, 1.82) is 0 Å². The smallest absolute Gasteiger partial charge is 0.265 e. The van der Waals surface area contributed by atoms with E-state index >= 15 is 0 Å². The molecule has 13 heavy (non-hydrogen) atoms. The lowest BCUT2D eigenvalue weighted by Crippen LogP contribution is -1.99. The molecule has 0 unspecified atom stereocenters. The molecule has 70 valence electrons. The summed E-state index contributed by atoms with van der Waals surface area (Å²) in [7, 11) is 0. The fourth-order valence-corrected chi connectivity index (χ4v) is 1.64. The summed E-state index contributed by atoms with van der Waals surface area (Å²) in [6.07, 6.45) is -1.33. The van der Waals surface area contributed by atoms with Gasteiger partial charge >= 0.3 is 0 Å². The zero-order valence-electron chi connectivity index (χ0n) is 6.10. The number of nitrogens with zero attached hydrogens (tertiary/aromatic N) is 1. The minimum atomic E-state index is -2.72. The Morgan fingerprint density at radius 3 is 2.69 bits per heavy atom. The van der Waals surface area contributed by atoms with Gasteiger partial charge in [-0.1, -0.05) is 11.6 Å². The molecule has 0 bridgehead atoms. The van der Waals surface area contributed by atoms with Gasteiger partial charge in [-0.3, -0.25) is 4.79 Å². The van der Waals surface area contributed by atoms with Crippen molar-refractivity contribution >= 4 is 40.5 Å². The molecule has 0 atom stereocenters. The van der Waals surface area contributed by atoms with Gasteiger partial charge in [-0.05, 0) is 22.6 Å². The van der Waals surface area contributed by atoms with E-state index in [-0.39, 0.29) is 19.9 Å². The summed E-state index contributed by atoms with van der Waals surface area (Å²) in [5.74, 6) is 0. The zero-order chi connectivity index (χ0) is 10.0. The van der Waals surface area contributed by atoms with Crippen molar-refractivity contribution in [3.63, 3.8) is 0 Å². The standard InChI is InChI=1S/C7H3ClF2INO/c8-6-5(11)4(7(9)10)3(2-13)1-12-6/h1-2,7H. The molecular weight excluding hydrogens is 314 g/mol. The number of aldehydes is 1. The number of hydrogen-bond acceptors (Lipinski definition) is 2. The Hall–Kier alpha value is -0.300. The van der Waals surface area contributed by atoms with Gasteiger partial charge in [-0.2, -0.15) is 0 Å². The van der Waals surface area contributed by atoms with E-state index in [1.54, 1.807) is 22.6 Å². The SMILES string of the molecule is O=Cc1cnc(Cl)c(I)c1C(F)F. The average molecular weight is 317 g/mol. The number of halogens is 4. The molecule has 6 heteroatoms. The summed E-state index contributed by atoms with van der Waals surface area (Å²) in [4.78, 5) is 14.0. The third-order valence-electron chi connectivity index (χ3n) is 1.39. The van der Waals surface area contributed by atoms with E-state index in [0.717, 1.165) is 6.20 Å². The first-order valence-corrected chi connectivity index (χ1v) is 4.60. The van der Waals surface area contributed by atoms with Gasteiger partial charge in [0.2, 0.25) is 0 Å². The molecule has 0 aliphatic rings. The van der Waals surface area contributed by atoms with Crippen LogP contribution in [0, 0.1) is 3.57 Å². The van der Waals surface area contributed by atoms with Gasteiger partial charge in [0.25, 0.3) is 6.43 Å². The number of alkyl halides is 2. The minimum absolute atomic E-state index is 0.0125. The van der Waals surface area contributed by atoms with Gasteiger partial charge in [0.15, 0.2) is 6.29 Å². The van der Waals surface area contributed by atoms with Crippen LogP contribution in [0.25, 0.3) is 0 Å². The van der Waals surface area contributed by atoms with Crippen LogP contribution in [-0.2, 0) is 0 Å². The molecule has 2 nitrogen and oxygen atoms in total. The fraction of sp³-hybridized carbons (Fsp3) is 0.143. The predicted molar refractivity (Wildman–Crippen MR) is 52.3 cm³/mol. The van der Waals surface area contributed by atoms with E-state index < -0.39 is 6.43 Å². The molecule has 0 aromatic carbocycles. The summed E-state index contributed by atoms with van der Waals surface area (Å²) in [6, 6.07) is 0. The Morgan fingerprint density at radius 1 is 1.62 bits per heavy atom. The highest BCUT2D eigenvalue weighted by molar-refractivity contribution is 14.1. The van der Waals surface area contributed by atoms with Crippen LogP contribution in [-0.4, -0.2) is 11.3 Å². The lowest BCUT2D eigenvalue weighted by Gasteiger charge is -2.06. The molecule has 0 N–H and O–H groups in total. The quantitative estimate of drug-likeness (QED) is 0.477. The number of rotatable bonds is 2. The summed E-state index contributed by atoms with van der Waals surface area (Å²) in [6.45, 7) is 0. The third-order valence-corrected chi connectivity index (χ3v) is 3.09. The minimum Gasteiger partial charge on any atom is -0.298 e. The second kappa shape index (κ2) is 4.28. The van der Waals surface area contributed by atoms with Crippen molar-refractivity contribution in [3.8, 4) is 0 Å². The Morgan fingerprint density at radius 2 is 2.23 bits per heavy atom. The van der Waals surface area contributed by atoms with Gasteiger partial charge < -0.3 is 0 Å². The van der Waals surface area contributed by atoms with Crippen LogP contribution in [0.15, 0.2) is 6.20 Å². The van der Waals surface area contributed by atoms with Crippen LogP contribution in [0.3, 0.4) is 0 Å². The van der Waals surface area contributed by atoms with E-state index in [0.29, 0.717) is 6.29 Å². The molecular formula is C7H3ClF2INO. The molecule has 1 heterocycles. The maximum absolute atomic E-state index is 12.4. The normalized spacial score (nSPS) is 10.5. The summed E-state index contributed by atoms with van der Waals surface area (Å²) in [5.41, 5.74) is -0.473. The molecule has 0 saturated carbocycles. The van der Waals surface area contributed by atoms with E-state index in [9.17, 15) is 13.6 Å². The molecule has 0 aliphatic carbocycles. The van der Waals surface area contributed by atoms with Crippen LogP contribution in [0.4, 0.5) is 8.78 Å². The van der Waals surface area contributed by atoms with E-state index in [2.05, 4.69) is 4.98 Å². The second-order valence-electron chi connectivity index (χ2n) is 2.15. The van der Waals surface area contributed by atoms with Crippen molar-refractivity contribution in [3.05, 3.63) is 26.0 Å². The highest BCUT2D eigenvalue weighted by atomic mass is 127. The van der Waals surface area contributed by atoms with Crippen LogP contribution >= 0.6 is 34.2 Å². The van der Waals surface area contributed by atoms with Crippen molar-refractivity contribution in [1.82, 2.24) is 4.98 Å². The monoisotopic (exact) mass is 317 g/mol. The van der Waals surface area contributed by atoms with Crippen molar-refractivity contribution < 1.29 is 13.6 Å². The fourth-order valence-electron chi connectivity index (χ4n) is 0.806. The molecule has 0 aliphatic heterocycles. The molecule has 1 aromatic heterocycles. The lowest BCUT2D eigenvalue weighted by atomic mass is 10.2. The Kier molecular flexibility index (Phi) is 3.55. The Bertz CT molecular complexity index is 346.